The number of fused-ring (bicyclic) bond motifs is 1. The van der Waals surface area contributed by atoms with Crippen molar-refractivity contribution in [2.75, 3.05) is 25.0 Å². The summed E-state index contributed by atoms with van der Waals surface area (Å²) >= 11 is 0. The van der Waals surface area contributed by atoms with E-state index in [1.165, 1.54) is 0 Å². The average molecular weight is 289 g/mol. The van der Waals surface area contributed by atoms with Crippen molar-refractivity contribution in [1.82, 2.24) is 20.4 Å². The smallest absolute Gasteiger partial charge is 0.271 e. The van der Waals surface area contributed by atoms with Gasteiger partial charge in [-0.1, -0.05) is 0 Å². The van der Waals surface area contributed by atoms with E-state index in [4.69, 9.17) is 0 Å². The summed E-state index contributed by atoms with van der Waals surface area (Å²) in [6.45, 7) is 3.54. The Labute approximate surface area is 123 Å². The number of hydrogen-bond donors (Lipinski definition) is 1. The van der Waals surface area contributed by atoms with Crippen LogP contribution >= 0.6 is 0 Å². The molecule has 2 aliphatic heterocycles. The third kappa shape index (κ3) is 2.32. The third-order valence-corrected chi connectivity index (χ3v) is 4.30. The lowest BCUT2D eigenvalue weighted by molar-refractivity contribution is -0.134. The Bertz CT molecular complexity index is 559. The fourth-order valence-electron chi connectivity index (χ4n) is 3.09. The summed E-state index contributed by atoms with van der Waals surface area (Å²) in [5.41, 5.74) is 0.278. The molecule has 0 unspecified atom stereocenters. The van der Waals surface area contributed by atoms with Crippen molar-refractivity contribution in [2.24, 2.45) is 0 Å². The minimum Gasteiger partial charge on any atom is -0.354 e. The van der Waals surface area contributed by atoms with Gasteiger partial charge in [0.1, 0.15) is 6.04 Å². The van der Waals surface area contributed by atoms with Crippen LogP contribution in [-0.4, -0.2) is 59.1 Å². The van der Waals surface area contributed by atoms with Crippen LogP contribution in [0.15, 0.2) is 12.1 Å². The quantitative estimate of drug-likeness (QED) is 0.831. The molecule has 112 valence electrons. The Morgan fingerprint density at radius 1 is 1.33 bits per heavy atom. The lowest BCUT2D eigenvalue weighted by atomic mass is 10.1. The van der Waals surface area contributed by atoms with Crippen molar-refractivity contribution in [2.45, 2.75) is 31.8 Å². The SMILES string of the molecule is CNC(=O)c1ccc(N2C[C@H]3CCCN3C(=O)[C@@H]2C)nn1. The van der Waals surface area contributed by atoms with E-state index >= 15 is 0 Å². The Hall–Kier alpha value is -2.18. The second-order valence-electron chi connectivity index (χ2n) is 5.51. The summed E-state index contributed by atoms with van der Waals surface area (Å²) in [6, 6.07) is 3.43. The molecule has 0 radical (unpaired) electrons. The zero-order valence-corrected chi connectivity index (χ0v) is 12.2. The van der Waals surface area contributed by atoms with Crippen molar-refractivity contribution in [1.29, 1.82) is 0 Å². The number of carbonyl (C=O) groups excluding carboxylic acids is 2. The summed E-state index contributed by atoms with van der Waals surface area (Å²) in [7, 11) is 1.55. The van der Waals surface area contributed by atoms with Crippen molar-refractivity contribution < 1.29 is 9.59 Å². The Balaban J connectivity index is 1.82. The molecular weight excluding hydrogens is 270 g/mol. The number of amides is 2. The molecule has 1 N–H and O–H groups in total. The largest absolute Gasteiger partial charge is 0.354 e. The Morgan fingerprint density at radius 3 is 2.81 bits per heavy atom. The maximum absolute atomic E-state index is 12.4. The molecule has 0 saturated carbocycles. The molecule has 21 heavy (non-hydrogen) atoms. The van der Waals surface area contributed by atoms with Crippen LogP contribution in [-0.2, 0) is 4.79 Å². The van der Waals surface area contributed by atoms with E-state index in [2.05, 4.69) is 15.5 Å². The van der Waals surface area contributed by atoms with Crippen molar-refractivity contribution in [3.05, 3.63) is 17.8 Å². The fourth-order valence-corrected chi connectivity index (χ4v) is 3.09. The third-order valence-electron chi connectivity index (χ3n) is 4.30. The van der Waals surface area contributed by atoms with Gasteiger partial charge in [-0.25, -0.2) is 0 Å². The summed E-state index contributed by atoms with van der Waals surface area (Å²) in [6.07, 6.45) is 2.11. The van der Waals surface area contributed by atoms with Crippen molar-refractivity contribution >= 4 is 17.6 Å². The number of piperazine rings is 1. The van der Waals surface area contributed by atoms with E-state index in [9.17, 15) is 9.59 Å². The van der Waals surface area contributed by atoms with Crippen LogP contribution in [0.4, 0.5) is 5.82 Å². The molecule has 2 atom stereocenters. The highest BCUT2D eigenvalue weighted by Gasteiger charge is 2.40. The van der Waals surface area contributed by atoms with Gasteiger partial charge in [0.25, 0.3) is 5.91 Å². The number of aromatic nitrogens is 2. The number of carbonyl (C=O) groups is 2. The van der Waals surface area contributed by atoms with E-state index < -0.39 is 0 Å². The molecule has 0 aliphatic carbocycles. The molecule has 3 heterocycles. The molecule has 2 saturated heterocycles. The second-order valence-corrected chi connectivity index (χ2v) is 5.51. The monoisotopic (exact) mass is 289 g/mol. The first kappa shape index (κ1) is 13.8. The second kappa shape index (κ2) is 5.31. The topological polar surface area (TPSA) is 78.4 Å². The van der Waals surface area contributed by atoms with Crippen molar-refractivity contribution in [3.63, 3.8) is 0 Å². The molecule has 2 fully saturated rings. The van der Waals surface area contributed by atoms with E-state index in [1.807, 2.05) is 16.7 Å². The highest BCUT2D eigenvalue weighted by Crippen LogP contribution is 2.28. The van der Waals surface area contributed by atoms with Gasteiger partial charge in [-0.05, 0) is 31.9 Å². The molecule has 0 spiro atoms. The Kier molecular flexibility index (Phi) is 3.48. The predicted octanol–water partition coefficient (Wildman–Crippen LogP) is 0.0357. The molecule has 1 aromatic rings. The summed E-state index contributed by atoms with van der Waals surface area (Å²) in [4.78, 5) is 27.8. The lowest BCUT2D eigenvalue weighted by Gasteiger charge is -2.41. The average Bonchev–Trinajstić information content (AvgIpc) is 2.99. The first-order chi connectivity index (χ1) is 10.1. The van der Waals surface area contributed by atoms with Gasteiger partial charge in [0.15, 0.2) is 11.5 Å². The highest BCUT2D eigenvalue weighted by atomic mass is 16.2. The van der Waals surface area contributed by atoms with Crippen LogP contribution in [0.2, 0.25) is 0 Å². The number of rotatable bonds is 2. The van der Waals surface area contributed by atoms with Gasteiger partial charge in [-0.2, -0.15) is 0 Å². The Morgan fingerprint density at radius 2 is 2.14 bits per heavy atom. The van der Waals surface area contributed by atoms with Crippen LogP contribution in [0.3, 0.4) is 0 Å². The predicted molar refractivity (Wildman–Crippen MR) is 77.0 cm³/mol. The normalized spacial score (nSPS) is 25.0. The molecule has 2 amide bonds. The first-order valence-corrected chi connectivity index (χ1v) is 7.24. The lowest BCUT2D eigenvalue weighted by Crippen LogP contribution is -2.59. The van der Waals surface area contributed by atoms with Crippen LogP contribution in [0, 0.1) is 0 Å². The van der Waals surface area contributed by atoms with Gasteiger partial charge in [0.2, 0.25) is 5.91 Å². The number of nitrogens with zero attached hydrogens (tertiary/aromatic N) is 4. The van der Waals surface area contributed by atoms with Crippen LogP contribution < -0.4 is 10.2 Å². The van der Waals surface area contributed by atoms with E-state index in [-0.39, 0.29) is 29.6 Å². The standard InChI is InChI=1S/C14H19N5O2/c1-9-14(21)18-7-3-4-10(18)8-19(9)12-6-5-11(16-17-12)13(20)15-2/h5-6,9-10H,3-4,7-8H2,1-2H3,(H,15,20)/t9-,10+/m0/s1. The first-order valence-electron chi connectivity index (χ1n) is 7.24. The number of anilines is 1. The maximum Gasteiger partial charge on any atom is 0.271 e. The molecule has 2 aliphatic rings. The summed E-state index contributed by atoms with van der Waals surface area (Å²) in [5.74, 6) is 0.537. The molecule has 1 aromatic heterocycles. The van der Waals surface area contributed by atoms with E-state index in [0.717, 1.165) is 25.9 Å². The molecule has 7 heteroatoms. The molecule has 7 nitrogen and oxygen atoms in total. The zero-order valence-electron chi connectivity index (χ0n) is 12.2. The summed E-state index contributed by atoms with van der Waals surface area (Å²) in [5, 5.41) is 10.6. The van der Waals surface area contributed by atoms with Crippen LogP contribution in [0.1, 0.15) is 30.3 Å². The summed E-state index contributed by atoms with van der Waals surface area (Å²) < 4.78 is 0. The van der Waals surface area contributed by atoms with E-state index in [0.29, 0.717) is 5.82 Å². The van der Waals surface area contributed by atoms with Gasteiger partial charge in [0, 0.05) is 26.2 Å². The molecule has 3 rings (SSSR count). The van der Waals surface area contributed by atoms with Gasteiger partial charge in [-0.3, -0.25) is 9.59 Å². The fraction of sp³-hybridized carbons (Fsp3) is 0.571. The van der Waals surface area contributed by atoms with Gasteiger partial charge < -0.3 is 15.1 Å². The van der Waals surface area contributed by atoms with Crippen LogP contribution in [0.25, 0.3) is 0 Å². The molecule has 0 aromatic carbocycles. The minimum absolute atomic E-state index is 0.154. The molecular formula is C14H19N5O2. The maximum atomic E-state index is 12.4. The number of hydrogen-bond acceptors (Lipinski definition) is 5. The zero-order chi connectivity index (χ0) is 15.0. The van der Waals surface area contributed by atoms with Gasteiger partial charge in [-0.15, -0.1) is 10.2 Å². The van der Waals surface area contributed by atoms with Crippen molar-refractivity contribution in [3.8, 4) is 0 Å². The highest BCUT2D eigenvalue weighted by molar-refractivity contribution is 5.92. The molecule has 0 bridgehead atoms. The van der Waals surface area contributed by atoms with Crippen LogP contribution in [0.5, 0.6) is 0 Å². The van der Waals surface area contributed by atoms with Gasteiger partial charge >= 0.3 is 0 Å². The van der Waals surface area contributed by atoms with Gasteiger partial charge in [0.05, 0.1) is 0 Å². The minimum atomic E-state index is -0.265. The van der Waals surface area contributed by atoms with E-state index in [1.54, 1.807) is 19.2 Å². The number of nitrogens with one attached hydrogen (secondary N) is 1.